The first-order chi connectivity index (χ1) is 14.7. The molecule has 0 atom stereocenters. The molecule has 0 saturated heterocycles. The Morgan fingerprint density at radius 3 is 2.60 bits per heavy atom. The Bertz CT molecular complexity index is 1180. The monoisotopic (exact) mass is 416 g/mol. The van der Waals surface area contributed by atoms with Gasteiger partial charge in [0.15, 0.2) is 0 Å². The fraction of sp³-hybridized carbons (Fsp3) is 0. The number of nitrogens with one attached hydrogen (secondary N) is 2. The number of hydrogen-bond donors (Lipinski definition) is 2. The molecule has 148 valence electrons. The summed E-state index contributed by atoms with van der Waals surface area (Å²) < 4.78 is 5.14. The van der Waals surface area contributed by atoms with Gasteiger partial charge in [0.25, 0.3) is 5.91 Å². The topological polar surface area (TPSA) is 97.1 Å². The van der Waals surface area contributed by atoms with Crippen molar-refractivity contribution in [2.45, 2.75) is 0 Å². The molecule has 2 heterocycles. The molecule has 2 amide bonds. The van der Waals surface area contributed by atoms with Crippen molar-refractivity contribution in [3.05, 3.63) is 90.4 Å². The highest BCUT2D eigenvalue weighted by Gasteiger charge is 2.12. The van der Waals surface area contributed by atoms with Crippen LogP contribution in [-0.2, 0) is 4.79 Å². The summed E-state index contributed by atoms with van der Waals surface area (Å²) in [6.45, 7) is 0. The summed E-state index contributed by atoms with van der Waals surface area (Å²) in [5.41, 5.74) is 1.82. The van der Waals surface area contributed by atoms with Crippen LogP contribution in [-0.4, -0.2) is 22.0 Å². The van der Waals surface area contributed by atoms with E-state index in [1.165, 1.54) is 23.7 Å². The zero-order chi connectivity index (χ0) is 20.8. The van der Waals surface area contributed by atoms with Gasteiger partial charge in [-0.25, -0.2) is 0 Å². The molecular formula is C22H16N4O3S. The molecule has 30 heavy (non-hydrogen) atoms. The maximum atomic E-state index is 12.6. The van der Waals surface area contributed by atoms with Crippen molar-refractivity contribution in [1.29, 1.82) is 0 Å². The summed E-state index contributed by atoms with van der Waals surface area (Å²) >= 11 is 1.29. The van der Waals surface area contributed by atoms with Crippen molar-refractivity contribution < 1.29 is 14.0 Å². The minimum atomic E-state index is -0.340. The van der Waals surface area contributed by atoms with E-state index in [9.17, 15) is 9.59 Å². The van der Waals surface area contributed by atoms with Crippen LogP contribution in [0.2, 0.25) is 0 Å². The van der Waals surface area contributed by atoms with E-state index in [-0.39, 0.29) is 11.8 Å². The predicted molar refractivity (Wildman–Crippen MR) is 116 cm³/mol. The molecule has 0 aliphatic heterocycles. The number of carbonyl (C=O) groups excluding carboxylic acids is 2. The number of aromatic nitrogens is 2. The van der Waals surface area contributed by atoms with Crippen molar-refractivity contribution >= 4 is 40.0 Å². The number of anilines is 2. The minimum absolute atomic E-state index is 0.333. The SMILES string of the molecule is O=C(/C=C/c1ccco1)Nc1cccc(C(=O)Nc2nnc(-c3ccccc3)s2)c1. The lowest BCUT2D eigenvalue weighted by Gasteiger charge is -2.05. The number of hydrogen-bond acceptors (Lipinski definition) is 6. The van der Waals surface area contributed by atoms with E-state index >= 15 is 0 Å². The molecule has 7 nitrogen and oxygen atoms in total. The third-order valence-electron chi connectivity index (χ3n) is 4.00. The van der Waals surface area contributed by atoms with Crippen LogP contribution in [0.3, 0.4) is 0 Å². The second-order valence-electron chi connectivity index (χ2n) is 6.15. The van der Waals surface area contributed by atoms with Gasteiger partial charge in [-0.3, -0.25) is 14.9 Å². The molecule has 8 heteroatoms. The lowest BCUT2D eigenvalue weighted by Crippen LogP contribution is -2.13. The molecule has 2 aromatic heterocycles. The van der Waals surface area contributed by atoms with Crippen LogP contribution in [0.1, 0.15) is 16.1 Å². The Balaban J connectivity index is 1.40. The van der Waals surface area contributed by atoms with Gasteiger partial charge in [-0.05, 0) is 36.4 Å². The molecule has 2 aromatic carbocycles. The van der Waals surface area contributed by atoms with Crippen LogP contribution < -0.4 is 10.6 Å². The fourth-order valence-corrected chi connectivity index (χ4v) is 3.35. The number of carbonyl (C=O) groups is 2. The van der Waals surface area contributed by atoms with Gasteiger partial charge in [0.1, 0.15) is 10.8 Å². The van der Waals surface area contributed by atoms with E-state index in [0.717, 1.165) is 10.6 Å². The molecule has 4 rings (SSSR count). The minimum Gasteiger partial charge on any atom is -0.465 e. The Hall–Kier alpha value is -4.04. The Morgan fingerprint density at radius 2 is 1.80 bits per heavy atom. The lowest BCUT2D eigenvalue weighted by molar-refractivity contribution is -0.111. The molecule has 0 saturated carbocycles. The normalized spacial score (nSPS) is 10.8. The highest BCUT2D eigenvalue weighted by Crippen LogP contribution is 2.26. The predicted octanol–water partition coefficient (Wildman–Crippen LogP) is 4.70. The first-order valence-corrected chi connectivity index (χ1v) is 9.82. The van der Waals surface area contributed by atoms with Gasteiger partial charge in [0.2, 0.25) is 11.0 Å². The van der Waals surface area contributed by atoms with Crippen molar-refractivity contribution in [1.82, 2.24) is 10.2 Å². The van der Waals surface area contributed by atoms with Gasteiger partial charge in [0, 0.05) is 22.9 Å². The van der Waals surface area contributed by atoms with Gasteiger partial charge in [-0.1, -0.05) is 47.7 Å². The number of furan rings is 1. The van der Waals surface area contributed by atoms with Crippen molar-refractivity contribution in [3.8, 4) is 10.6 Å². The molecule has 0 bridgehead atoms. The van der Waals surface area contributed by atoms with E-state index < -0.39 is 0 Å². The maximum absolute atomic E-state index is 12.6. The molecule has 0 radical (unpaired) electrons. The number of amides is 2. The van der Waals surface area contributed by atoms with Crippen LogP contribution in [0.5, 0.6) is 0 Å². The van der Waals surface area contributed by atoms with Crippen molar-refractivity contribution in [2.75, 3.05) is 10.6 Å². The van der Waals surface area contributed by atoms with Gasteiger partial charge < -0.3 is 9.73 Å². The highest BCUT2D eigenvalue weighted by molar-refractivity contribution is 7.18. The maximum Gasteiger partial charge on any atom is 0.257 e. The quantitative estimate of drug-likeness (QED) is 0.444. The number of nitrogens with zero attached hydrogens (tertiary/aromatic N) is 2. The van der Waals surface area contributed by atoms with Gasteiger partial charge in [0.05, 0.1) is 6.26 Å². The zero-order valence-electron chi connectivity index (χ0n) is 15.6. The first kappa shape index (κ1) is 19.3. The second-order valence-corrected chi connectivity index (χ2v) is 7.13. The van der Waals surface area contributed by atoms with E-state index in [4.69, 9.17) is 4.42 Å². The van der Waals surface area contributed by atoms with E-state index in [1.54, 1.807) is 42.5 Å². The summed E-state index contributed by atoms with van der Waals surface area (Å²) in [7, 11) is 0. The van der Waals surface area contributed by atoms with Gasteiger partial charge >= 0.3 is 0 Å². The summed E-state index contributed by atoms with van der Waals surface area (Å²) in [4.78, 5) is 24.6. The second kappa shape index (κ2) is 8.97. The van der Waals surface area contributed by atoms with Gasteiger partial charge in [-0.2, -0.15) is 0 Å². The molecule has 4 aromatic rings. The van der Waals surface area contributed by atoms with Crippen LogP contribution in [0, 0.1) is 0 Å². The van der Waals surface area contributed by atoms with E-state index in [0.29, 0.717) is 22.1 Å². The Kier molecular flexibility index (Phi) is 5.77. The number of benzene rings is 2. The zero-order valence-corrected chi connectivity index (χ0v) is 16.4. The molecule has 0 unspecified atom stereocenters. The van der Waals surface area contributed by atoms with Crippen LogP contribution >= 0.6 is 11.3 Å². The highest BCUT2D eigenvalue weighted by atomic mass is 32.1. The van der Waals surface area contributed by atoms with Gasteiger partial charge in [-0.15, -0.1) is 10.2 Å². The molecule has 0 fully saturated rings. The smallest absolute Gasteiger partial charge is 0.257 e. The molecule has 0 aliphatic rings. The van der Waals surface area contributed by atoms with Crippen molar-refractivity contribution in [2.24, 2.45) is 0 Å². The van der Waals surface area contributed by atoms with Crippen LogP contribution in [0.15, 0.2) is 83.5 Å². The van der Waals surface area contributed by atoms with Crippen LogP contribution in [0.25, 0.3) is 16.6 Å². The van der Waals surface area contributed by atoms with Crippen LogP contribution in [0.4, 0.5) is 10.8 Å². The summed E-state index contributed by atoms with van der Waals surface area (Å²) in [5.74, 6) is -0.0984. The molecule has 2 N–H and O–H groups in total. The molecule has 0 spiro atoms. The third kappa shape index (κ3) is 4.86. The summed E-state index contributed by atoms with van der Waals surface area (Å²) in [6, 6.07) is 19.7. The van der Waals surface area contributed by atoms with Crippen molar-refractivity contribution in [3.63, 3.8) is 0 Å². The molecule has 0 aliphatic carbocycles. The van der Waals surface area contributed by atoms with E-state index in [2.05, 4.69) is 20.8 Å². The largest absolute Gasteiger partial charge is 0.465 e. The Labute approximate surface area is 176 Å². The van der Waals surface area contributed by atoms with E-state index in [1.807, 2.05) is 30.3 Å². The molecular weight excluding hydrogens is 400 g/mol. The lowest BCUT2D eigenvalue weighted by atomic mass is 10.2. The average molecular weight is 416 g/mol. The average Bonchev–Trinajstić information content (AvgIpc) is 3.45. The standard InChI is InChI=1S/C22H16N4O3S/c27-19(12-11-18-10-5-13-29-18)23-17-9-4-8-16(14-17)20(28)24-22-26-25-21(30-22)15-6-2-1-3-7-15/h1-14H,(H,23,27)(H,24,26,28)/b12-11+. The third-order valence-corrected chi connectivity index (χ3v) is 4.89. The summed E-state index contributed by atoms with van der Waals surface area (Å²) in [6.07, 6.45) is 4.45. The Morgan fingerprint density at radius 1 is 0.933 bits per heavy atom. The first-order valence-electron chi connectivity index (χ1n) is 9.00. The number of rotatable bonds is 6. The summed E-state index contributed by atoms with van der Waals surface area (Å²) in [5, 5.41) is 14.7. The fourth-order valence-electron chi connectivity index (χ4n) is 2.61.